The van der Waals surface area contributed by atoms with Crippen LogP contribution in [0, 0.1) is 12.7 Å². The molecule has 23 heavy (non-hydrogen) atoms. The fraction of sp³-hybridized carbons (Fsp3) is 0.471. The van der Waals surface area contributed by atoms with Crippen molar-refractivity contribution in [2.75, 3.05) is 0 Å². The maximum atomic E-state index is 13.9. The van der Waals surface area contributed by atoms with Crippen LogP contribution in [0.5, 0.6) is 5.75 Å². The molecule has 0 aliphatic rings. The van der Waals surface area contributed by atoms with E-state index in [1.54, 1.807) is 13.1 Å². The molecule has 0 bridgehead atoms. The quantitative estimate of drug-likeness (QED) is 0.802. The van der Waals surface area contributed by atoms with Gasteiger partial charge < -0.3 is 13.9 Å². The Labute approximate surface area is 137 Å². The molecule has 126 valence electrons. The van der Waals surface area contributed by atoms with Crippen LogP contribution >= 0.6 is 0 Å². The number of rotatable bonds is 6. The average Bonchev–Trinajstić information content (AvgIpc) is 2.79. The molecule has 1 heterocycles. The van der Waals surface area contributed by atoms with E-state index in [0.29, 0.717) is 23.8 Å². The van der Waals surface area contributed by atoms with Crippen LogP contribution in [0.15, 0.2) is 28.8 Å². The summed E-state index contributed by atoms with van der Waals surface area (Å²) >= 11 is 0. The van der Waals surface area contributed by atoms with E-state index >= 15 is 0 Å². The van der Waals surface area contributed by atoms with Crippen LogP contribution in [0.4, 0.5) is 4.39 Å². The minimum Gasteiger partial charge on any atom is -0.485 e. The monoisotopic (exact) mass is 337 g/mol. The molecule has 0 aliphatic carbocycles. The minimum atomic E-state index is -2.36. The molecule has 1 aromatic carbocycles. The third-order valence-corrected chi connectivity index (χ3v) is 7.77. The van der Waals surface area contributed by atoms with E-state index in [-0.39, 0.29) is 17.5 Å². The standard InChI is InChI=1S/C17H24FNO3Si/c1-12-19-10-16(22-12)11-21-15-7-13(6-14(18)8-15)9-17(2,3)23(4,5)20/h6-8,10,20H,9,11H2,1-5H3. The Morgan fingerprint density at radius 1 is 1.30 bits per heavy atom. The van der Waals surface area contributed by atoms with E-state index in [1.807, 2.05) is 33.0 Å². The van der Waals surface area contributed by atoms with Gasteiger partial charge in [-0.15, -0.1) is 0 Å². The third-order valence-electron chi connectivity index (χ3n) is 4.28. The lowest BCUT2D eigenvalue weighted by atomic mass is 10.0. The number of halogens is 1. The molecule has 0 spiro atoms. The van der Waals surface area contributed by atoms with E-state index in [0.717, 1.165) is 5.56 Å². The molecule has 0 radical (unpaired) electrons. The molecule has 4 nitrogen and oxygen atoms in total. The molecular weight excluding hydrogens is 313 g/mol. The van der Waals surface area contributed by atoms with Crippen LogP contribution < -0.4 is 4.74 Å². The summed E-state index contributed by atoms with van der Waals surface area (Å²) in [6.07, 6.45) is 2.19. The zero-order valence-corrected chi connectivity index (χ0v) is 15.3. The van der Waals surface area contributed by atoms with E-state index in [4.69, 9.17) is 9.15 Å². The van der Waals surface area contributed by atoms with Crippen molar-refractivity contribution in [3.63, 3.8) is 0 Å². The van der Waals surface area contributed by atoms with Crippen LogP contribution in [-0.4, -0.2) is 18.1 Å². The molecule has 0 saturated carbocycles. The number of ether oxygens (including phenoxy) is 1. The van der Waals surface area contributed by atoms with Gasteiger partial charge in [0.05, 0.1) is 6.20 Å². The highest BCUT2D eigenvalue weighted by Gasteiger charge is 2.38. The van der Waals surface area contributed by atoms with Crippen molar-refractivity contribution in [1.82, 2.24) is 4.98 Å². The highest BCUT2D eigenvalue weighted by Crippen LogP contribution is 2.39. The second kappa shape index (κ2) is 6.45. The van der Waals surface area contributed by atoms with Gasteiger partial charge in [0.15, 0.2) is 20.0 Å². The molecule has 2 aromatic rings. The van der Waals surface area contributed by atoms with Gasteiger partial charge in [-0.2, -0.15) is 0 Å². The predicted molar refractivity (Wildman–Crippen MR) is 89.4 cm³/mol. The molecule has 1 N–H and O–H groups in total. The first-order valence-electron chi connectivity index (χ1n) is 7.63. The fourth-order valence-electron chi connectivity index (χ4n) is 2.16. The number of oxazole rings is 1. The Kier molecular flexibility index (Phi) is 4.96. The molecule has 1 aromatic heterocycles. The van der Waals surface area contributed by atoms with Gasteiger partial charge >= 0.3 is 0 Å². The van der Waals surface area contributed by atoms with Gasteiger partial charge in [0.25, 0.3) is 0 Å². The topological polar surface area (TPSA) is 55.5 Å². The summed E-state index contributed by atoms with van der Waals surface area (Å²) in [6.45, 7) is 9.79. The van der Waals surface area contributed by atoms with Gasteiger partial charge in [-0.3, -0.25) is 0 Å². The molecule has 0 unspecified atom stereocenters. The number of nitrogens with zero attached hydrogens (tertiary/aromatic N) is 1. The van der Waals surface area contributed by atoms with Crippen molar-refractivity contribution in [3.8, 4) is 5.75 Å². The van der Waals surface area contributed by atoms with Crippen LogP contribution in [-0.2, 0) is 13.0 Å². The molecule has 0 saturated heterocycles. The first-order valence-corrected chi connectivity index (χ1v) is 10.6. The van der Waals surface area contributed by atoms with Gasteiger partial charge in [0.1, 0.15) is 18.2 Å². The number of aryl methyl sites for hydroxylation is 1. The zero-order chi connectivity index (χ0) is 17.3. The lowest BCUT2D eigenvalue weighted by molar-refractivity contribution is 0.266. The molecule has 0 amide bonds. The van der Waals surface area contributed by atoms with Crippen molar-refractivity contribution in [1.29, 1.82) is 0 Å². The number of aromatic nitrogens is 1. The molecule has 0 fully saturated rings. The van der Waals surface area contributed by atoms with E-state index < -0.39 is 8.32 Å². The maximum Gasteiger partial charge on any atom is 0.191 e. The second-order valence-corrected chi connectivity index (χ2v) is 11.5. The summed E-state index contributed by atoms with van der Waals surface area (Å²) in [6, 6.07) is 4.66. The van der Waals surface area contributed by atoms with Crippen LogP contribution in [0.25, 0.3) is 0 Å². The number of hydrogen-bond donors (Lipinski definition) is 1. The average molecular weight is 337 g/mol. The molecule has 6 heteroatoms. The van der Waals surface area contributed by atoms with Gasteiger partial charge in [-0.05, 0) is 42.2 Å². The minimum absolute atomic E-state index is 0.202. The summed E-state index contributed by atoms with van der Waals surface area (Å²) in [4.78, 5) is 14.4. The lowest BCUT2D eigenvalue weighted by Gasteiger charge is -2.35. The largest absolute Gasteiger partial charge is 0.485 e. The highest BCUT2D eigenvalue weighted by atomic mass is 28.4. The van der Waals surface area contributed by atoms with Crippen molar-refractivity contribution in [2.45, 2.75) is 51.9 Å². The highest BCUT2D eigenvalue weighted by molar-refractivity contribution is 6.72. The zero-order valence-electron chi connectivity index (χ0n) is 14.3. The first-order chi connectivity index (χ1) is 10.6. The summed E-state index contributed by atoms with van der Waals surface area (Å²) in [5, 5.41) is -0.264. The number of benzene rings is 1. The van der Waals surface area contributed by atoms with Gasteiger partial charge in [0.2, 0.25) is 0 Å². The van der Waals surface area contributed by atoms with Gasteiger partial charge in [0, 0.05) is 13.0 Å². The molecule has 2 rings (SSSR count). The van der Waals surface area contributed by atoms with Crippen molar-refractivity contribution in [2.24, 2.45) is 0 Å². The first kappa shape index (κ1) is 17.7. The normalized spacial score (nSPS) is 12.5. The SMILES string of the molecule is Cc1ncc(COc2cc(F)cc(CC(C)(C)[Si](C)(C)O)c2)o1. The fourth-order valence-corrected chi connectivity index (χ4v) is 2.80. The van der Waals surface area contributed by atoms with E-state index in [2.05, 4.69) is 4.98 Å². The van der Waals surface area contributed by atoms with Gasteiger partial charge in [-0.1, -0.05) is 13.8 Å². The Balaban J connectivity index is 2.12. The summed E-state index contributed by atoms with van der Waals surface area (Å²) in [5.41, 5.74) is 0.813. The lowest BCUT2D eigenvalue weighted by Crippen LogP contribution is -2.40. The van der Waals surface area contributed by atoms with Crippen molar-refractivity contribution in [3.05, 3.63) is 47.4 Å². The third kappa shape index (κ3) is 4.65. The van der Waals surface area contributed by atoms with Crippen LogP contribution in [0.2, 0.25) is 18.1 Å². The smallest absolute Gasteiger partial charge is 0.191 e. The van der Waals surface area contributed by atoms with Crippen molar-refractivity contribution >= 4 is 8.32 Å². The van der Waals surface area contributed by atoms with E-state index in [9.17, 15) is 9.19 Å². The predicted octanol–water partition coefficient (Wildman–Crippen LogP) is 4.22. The maximum absolute atomic E-state index is 13.9. The molecule has 0 atom stereocenters. The number of hydrogen-bond acceptors (Lipinski definition) is 4. The van der Waals surface area contributed by atoms with Crippen molar-refractivity contribution < 1.29 is 18.3 Å². The summed E-state index contributed by atoms with van der Waals surface area (Å²) in [5.74, 6) is 1.26. The Morgan fingerprint density at radius 2 is 2.00 bits per heavy atom. The summed E-state index contributed by atoms with van der Waals surface area (Å²) in [7, 11) is -2.36. The Bertz CT molecular complexity index is 677. The Hall–Kier alpha value is -1.66. The molecule has 0 aliphatic heterocycles. The Morgan fingerprint density at radius 3 is 2.57 bits per heavy atom. The summed E-state index contributed by atoms with van der Waals surface area (Å²) < 4.78 is 24.8. The molecular formula is C17H24FNO3Si. The van der Waals surface area contributed by atoms with Crippen LogP contribution in [0.3, 0.4) is 0 Å². The van der Waals surface area contributed by atoms with Crippen LogP contribution in [0.1, 0.15) is 31.1 Å². The second-order valence-electron chi connectivity index (χ2n) is 7.05. The van der Waals surface area contributed by atoms with Gasteiger partial charge in [-0.25, -0.2) is 9.37 Å². The van der Waals surface area contributed by atoms with E-state index in [1.165, 1.54) is 12.1 Å².